The van der Waals surface area contributed by atoms with Crippen LogP contribution in [0.2, 0.25) is 0 Å². The molecule has 4 nitrogen and oxygen atoms in total. The number of hydrogen-bond donors (Lipinski definition) is 1. The van der Waals surface area contributed by atoms with E-state index < -0.39 is 0 Å². The maximum Gasteiger partial charge on any atom is 0.241 e. The molecule has 0 radical (unpaired) electrons. The molecule has 0 saturated heterocycles. The Labute approximate surface area is 110 Å². The number of likely N-dealkylation sites (N-methyl/N-ethyl adjacent to an activating group) is 1. The van der Waals surface area contributed by atoms with Crippen molar-refractivity contribution in [3.05, 3.63) is 24.3 Å². The molecular formula is C14H23N3O. The Morgan fingerprint density at radius 2 is 1.78 bits per heavy atom. The SMILES string of the molecule is CCN(CC)C(=O)CNc1ccccc1N(C)C. The van der Waals surface area contributed by atoms with Crippen LogP contribution in [0.4, 0.5) is 11.4 Å². The lowest BCUT2D eigenvalue weighted by atomic mass is 10.2. The predicted octanol–water partition coefficient (Wildman–Crippen LogP) is 2.03. The summed E-state index contributed by atoms with van der Waals surface area (Å²) in [6, 6.07) is 7.99. The molecule has 1 amide bonds. The summed E-state index contributed by atoms with van der Waals surface area (Å²) in [4.78, 5) is 15.8. The van der Waals surface area contributed by atoms with E-state index >= 15 is 0 Å². The Morgan fingerprint density at radius 3 is 2.33 bits per heavy atom. The van der Waals surface area contributed by atoms with E-state index in [4.69, 9.17) is 0 Å². The first-order valence-electron chi connectivity index (χ1n) is 6.38. The topological polar surface area (TPSA) is 35.6 Å². The molecular weight excluding hydrogens is 226 g/mol. The minimum Gasteiger partial charge on any atom is -0.376 e. The highest BCUT2D eigenvalue weighted by atomic mass is 16.2. The number of nitrogens with one attached hydrogen (secondary N) is 1. The van der Waals surface area contributed by atoms with Gasteiger partial charge in [-0.1, -0.05) is 12.1 Å². The van der Waals surface area contributed by atoms with Crippen LogP contribution in [-0.4, -0.2) is 44.5 Å². The zero-order valence-electron chi connectivity index (χ0n) is 11.7. The third-order valence-corrected chi connectivity index (χ3v) is 2.93. The zero-order chi connectivity index (χ0) is 13.5. The van der Waals surface area contributed by atoms with Gasteiger partial charge in [-0.2, -0.15) is 0 Å². The van der Waals surface area contributed by atoms with E-state index in [0.717, 1.165) is 24.5 Å². The van der Waals surface area contributed by atoms with Crippen LogP contribution >= 0.6 is 0 Å². The summed E-state index contributed by atoms with van der Waals surface area (Å²) in [7, 11) is 3.99. The second kappa shape index (κ2) is 6.89. The van der Waals surface area contributed by atoms with Gasteiger partial charge in [0, 0.05) is 27.2 Å². The molecule has 1 aromatic rings. The smallest absolute Gasteiger partial charge is 0.241 e. The molecule has 0 bridgehead atoms. The van der Waals surface area contributed by atoms with Gasteiger partial charge in [0.25, 0.3) is 0 Å². The van der Waals surface area contributed by atoms with Gasteiger partial charge in [-0.05, 0) is 26.0 Å². The Kier molecular flexibility index (Phi) is 5.49. The largest absolute Gasteiger partial charge is 0.376 e. The van der Waals surface area contributed by atoms with E-state index in [1.807, 2.05) is 62.0 Å². The molecule has 0 aromatic heterocycles. The fraction of sp³-hybridized carbons (Fsp3) is 0.500. The molecule has 0 fully saturated rings. The van der Waals surface area contributed by atoms with Crippen molar-refractivity contribution in [1.29, 1.82) is 0 Å². The number of para-hydroxylation sites is 2. The molecule has 100 valence electrons. The van der Waals surface area contributed by atoms with Crippen molar-refractivity contribution in [1.82, 2.24) is 4.90 Å². The second-order valence-corrected chi connectivity index (χ2v) is 4.33. The predicted molar refractivity (Wildman–Crippen MR) is 77.2 cm³/mol. The van der Waals surface area contributed by atoms with Gasteiger partial charge in [-0.3, -0.25) is 4.79 Å². The molecule has 0 aliphatic rings. The molecule has 0 atom stereocenters. The van der Waals surface area contributed by atoms with E-state index in [-0.39, 0.29) is 5.91 Å². The van der Waals surface area contributed by atoms with Crippen molar-refractivity contribution in [2.24, 2.45) is 0 Å². The van der Waals surface area contributed by atoms with Crippen LogP contribution in [-0.2, 0) is 4.79 Å². The van der Waals surface area contributed by atoms with Gasteiger partial charge < -0.3 is 15.1 Å². The molecule has 0 unspecified atom stereocenters. The summed E-state index contributed by atoms with van der Waals surface area (Å²) in [6.07, 6.45) is 0. The van der Waals surface area contributed by atoms with Crippen LogP contribution in [0.3, 0.4) is 0 Å². The van der Waals surface area contributed by atoms with E-state index in [1.165, 1.54) is 0 Å². The average molecular weight is 249 g/mol. The molecule has 0 heterocycles. The molecule has 4 heteroatoms. The van der Waals surface area contributed by atoms with E-state index in [1.54, 1.807) is 0 Å². The summed E-state index contributed by atoms with van der Waals surface area (Å²) in [5.74, 6) is 0.133. The molecule has 0 aliphatic heterocycles. The average Bonchev–Trinajstić information content (AvgIpc) is 2.38. The van der Waals surface area contributed by atoms with Crippen LogP contribution in [0.25, 0.3) is 0 Å². The first kappa shape index (κ1) is 14.4. The van der Waals surface area contributed by atoms with Crippen molar-refractivity contribution in [2.45, 2.75) is 13.8 Å². The summed E-state index contributed by atoms with van der Waals surface area (Å²) in [6.45, 7) is 5.84. The summed E-state index contributed by atoms with van der Waals surface area (Å²) >= 11 is 0. The van der Waals surface area contributed by atoms with Gasteiger partial charge >= 0.3 is 0 Å². The first-order chi connectivity index (χ1) is 8.60. The summed E-state index contributed by atoms with van der Waals surface area (Å²) in [5, 5.41) is 3.21. The van der Waals surface area contributed by atoms with E-state index in [0.29, 0.717) is 6.54 Å². The Morgan fingerprint density at radius 1 is 1.17 bits per heavy atom. The molecule has 1 rings (SSSR count). The van der Waals surface area contributed by atoms with Gasteiger partial charge in [0.2, 0.25) is 5.91 Å². The fourth-order valence-corrected chi connectivity index (χ4v) is 1.87. The van der Waals surface area contributed by atoms with Crippen LogP contribution in [0.15, 0.2) is 24.3 Å². The minimum atomic E-state index is 0.133. The van der Waals surface area contributed by atoms with Crippen molar-refractivity contribution in [2.75, 3.05) is 43.9 Å². The van der Waals surface area contributed by atoms with Crippen molar-refractivity contribution >= 4 is 17.3 Å². The third kappa shape index (κ3) is 3.65. The van der Waals surface area contributed by atoms with Crippen molar-refractivity contribution in [3.63, 3.8) is 0 Å². The standard InChI is InChI=1S/C14H23N3O/c1-5-17(6-2)14(18)11-15-12-9-7-8-10-13(12)16(3)4/h7-10,15H,5-6,11H2,1-4H3. The summed E-state index contributed by atoms with van der Waals surface area (Å²) < 4.78 is 0. The Balaban J connectivity index is 2.66. The van der Waals surface area contributed by atoms with Gasteiger partial charge in [0.15, 0.2) is 0 Å². The quantitative estimate of drug-likeness (QED) is 0.838. The van der Waals surface area contributed by atoms with Gasteiger partial charge in [-0.25, -0.2) is 0 Å². The zero-order valence-corrected chi connectivity index (χ0v) is 11.7. The number of amides is 1. The van der Waals surface area contributed by atoms with Gasteiger partial charge in [-0.15, -0.1) is 0 Å². The Hall–Kier alpha value is -1.71. The number of anilines is 2. The molecule has 1 aromatic carbocycles. The lowest BCUT2D eigenvalue weighted by Gasteiger charge is -2.21. The molecule has 0 aliphatic carbocycles. The third-order valence-electron chi connectivity index (χ3n) is 2.93. The van der Waals surface area contributed by atoms with Crippen LogP contribution in [0.1, 0.15) is 13.8 Å². The van der Waals surface area contributed by atoms with E-state index in [9.17, 15) is 4.79 Å². The fourth-order valence-electron chi connectivity index (χ4n) is 1.87. The minimum absolute atomic E-state index is 0.133. The second-order valence-electron chi connectivity index (χ2n) is 4.33. The number of benzene rings is 1. The van der Waals surface area contributed by atoms with Crippen molar-refractivity contribution < 1.29 is 4.79 Å². The number of rotatable bonds is 6. The maximum absolute atomic E-state index is 11.9. The van der Waals surface area contributed by atoms with Crippen LogP contribution in [0.5, 0.6) is 0 Å². The van der Waals surface area contributed by atoms with Gasteiger partial charge in [0.1, 0.15) is 0 Å². The highest BCUT2D eigenvalue weighted by Gasteiger charge is 2.10. The van der Waals surface area contributed by atoms with E-state index in [2.05, 4.69) is 5.32 Å². The van der Waals surface area contributed by atoms with Crippen LogP contribution < -0.4 is 10.2 Å². The molecule has 1 N–H and O–H groups in total. The van der Waals surface area contributed by atoms with Crippen molar-refractivity contribution in [3.8, 4) is 0 Å². The number of carbonyl (C=O) groups excluding carboxylic acids is 1. The normalized spacial score (nSPS) is 10.0. The number of nitrogens with zero attached hydrogens (tertiary/aromatic N) is 2. The monoisotopic (exact) mass is 249 g/mol. The molecule has 18 heavy (non-hydrogen) atoms. The molecule has 0 spiro atoms. The lowest BCUT2D eigenvalue weighted by Crippen LogP contribution is -2.35. The summed E-state index contributed by atoms with van der Waals surface area (Å²) in [5.41, 5.74) is 2.08. The Bertz CT molecular complexity index is 386. The number of carbonyl (C=O) groups is 1. The number of hydrogen-bond acceptors (Lipinski definition) is 3. The maximum atomic E-state index is 11.9. The lowest BCUT2D eigenvalue weighted by molar-refractivity contribution is -0.128. The van der Waals surface area contributed by atoms with Crippen LogP contribution in [0, 0.1) is 0 Å². The highest BCUT2D eigenvalue weighted by molar-refractivity contribution is 5.82. The highest BCUT2D eigenvalue weighted by Crippen LogP contribution is 2.22. The molecule has 0 saturated carbocycles. The first-order valence-corrected chi connectivity index (χ1v) is 6.38. The van der Waals surface area contributed by atoms with Gasteiger partial charge in [0.05, 0.1) is 17.9 Å².